The molecule has 0 bridgehead atoms. The number of carbonyl (C=O) groups is 5. The molecule has 2 N–H and O–H groups in total. The molecule has 1 heterocycles. The summed E-state index contributed by atoms with van der Waals surface area (Å²) in [6.07, 6.45) is 5.57. The van der Waals surface area contributed by atoms with Crippen LogP contribution in [-0.4, -0.2) is 51.0 Å². The van der Waals surface area contributed by atoms with Gasteiger partial charge in [-0.25, -0.2) is 0 Å². The van der Waals surface area contributed by atoms with Gasteiger partial charge in [0.25, 0.3) is 0 Å². The van der Waals surface area contributed by atoms with Crippen molar-refractivity contribution in [2.24, 2.45) is 17.8 Å². The maximum Gasteiger partial charge on any atom is 0.303 e. The van der Waals surface area contributed by atoms with E-state index in [9.17, 15) is 29.1 Å². The summed E-state index contributed by atoms with van der Waals surface area (Å²) in [5.41, 5.74) is 2.67. The Labute approximate surface area is 214 Å². The second kappa shape index (κ2) is 9.57. The molecule has 1 fully saturated rings. The number of phenolic OH excluding ortho intramolecular Hbond substituents is 1. The molecule has 3 aliphatic carbocycles. The summed E-state index contributed by atoms with van der Waals surface area (Å²) in [7, 11) is 0. The van der Waals surface area contributed by atoms with E-state index in [0.717, 1.165) is 5.57 Å². The molecule has 0 radical (unpaired) electrons. The lowest BCUT2D eigenvalue weighted by atomic mass is 9.59. The standard InChI is InChI=1S/C29H29NO7/c1-15-12-22(32)26-21(27(15)35)14-20-18(24(26)16-6-5-7-17(31)13-16)9-10-19-25(20)29(37)30(28(19)36)11-4-2-3-8-23(33)34/h5-7,9,12-13,19-20,24-25,31H,2-4,8,10-11,14H2,1H3,(H,33,34). The summed E-state index contributed by atoms with van der Waals surface area (Å²) in [5, 5.41) is 19.0. The highest BCUT2D eigenvalue weighted by molar-refractivity contribution is 6.23. The molecule has 0 spiro atoms. The largest absolute Gasteiger partial charge is 0.508 e. The summed E-state index contributed by atoms with van der Waals surface area (Å²) in [6, 6.07) is 6.61. The van der Waals surface area contributed by atoms with E-state index in [-0.39, 0.29) is 48.5 Å². The number of ketones is 2. The maximum atomic E-state index is 13.6. The van der Waals surface area contributed by atoms with Crippen molar-refractivity contribution in [1.82, 2.24) is 4.90 Å². The maximum absolute atomic E-state index is 13.6. The Morgan fingerprint density at radius 3 is 2.57 bits per heavy atom. The lowest BCUT2D eigenvalue weighted by Crippen LogP contribution is -2.39. The van der Waals surface area contributed by atoms with Crippen molar-refractivity contribution < 1.29 is 34.2 Å². The van der Waals surface area contributed by atoms with E-state index in [1.807, 2.05) is 6.08 Å². The lowest BCUT2D eigenvalue weighted by Gasteiger charge is -2.42. The number of unbranched alkanes of at least 4 members (excludes halogenated alkanes) is 2. The third-order valence-corrected chi connectivity index (χ3v) is 8.13. The minimum Gasteiger partial charge on any atom is -0.508 e. The fourth-order valence-corrected chi connectivity index (χ4v) is 6.47. The molecule has 8 nitrogen and oxygen atoms in total. The number of carboxylic acid groups (broad SMARTS) is 1. The zero-order valence-corrected chi connectivity index (χ0v) is 20.6. The van der Waals surface area contributed by atoms with Gasteiger partial charge in [-0.15, -0.1) is 0 Å². The topological polar surface area (TPSA) is 129 Å². The van der Waals surface area contributed by atoms with Crippen LogP contribution in [0.25, 0.3) is 0 Å². The van der Waals surface area contributed by atoms with Crippen molar-refractivity contribution >= 4 is 29.4 Å². The van der Waals surface area contributed by atoms with Crippen LogP contribution in [0.3, 0.4) is 0 Å². The van der Waals surface area contributed by atoms with Crippen LogP contribution in [-0.2, 0) is 24.0 Å². The third-order valence-electron chi connectivity index (χ3n) is 8.13. The molecule has 192 valence electrons. The Bertz CT molecular complexity index is 1320. The number of Topliss-reactive ketones (excluding diaryl/α,β-unsaturated/α-hetero) is 1. The first-order valence-electron chi connectivity index (χ1n) is 12.7. The minimum absolute atomic E-state index is 0.0403. The summed E-state index contributed by atoms with van der Waals surface area (Å²) in [4.78, 5) is 65.3. The van der Waals surface area contributed by atoms with E-state index < -0.39 is 29.6 Å². The average Bonchev–Trinajstić information content (AvgIpc) is 3.10. The van der Waals surface area contributed by atoms with Crippen molar-refractivity contribution in [3.05, 3.63) is 64.3 Å². The SMILES string of the molecule is CC1=CC(=O)C2=C(CC3C(=CCC4C(=O)N(CCCCCC(=O)O)C(=O)C43)C2c2cccc(O)c2)C1=O. The predicted molar refractivity (Wildman–Crippen MR) is 132 cm³/mol. The number of imide groups is 1. The van der Waals surface area contributed by atoms with E-state index in [1.54, 1.807) is 25.1 Å². The Kier molecular flexibility index (Phi) is 6.43. The zero-order valence-electron chi connectivity index (χ0n) is 20.6. The molecule has 0 saturated carbocycles. The van der Waals surface area contributed by atoms with Crippen LogP contribution in [0.5, 0.6) is 5.75 Å². The molecular weight excluding hydrogens is 474 g/mol. The van der Waals surface area contributed by atoms with Gasteiger partial charge in [-0.05, 0) is 62.3 Å². The molecule has 1 aromatic carbocycles. The van der Waals surface area contributed by atoms with Gasteiger partial charge in [-0.1, -0.05) is 30.2 Å². The number of fused-ring (bicyclic) bond motifs is 3. The number of phenols is 1. The van der Waals surface area contributed by atoms with Gasteiger partial charge in [0, 0.05) is 35.6 Å². The number of benzene rings is 1. The van der Waals surface area contributed by atoms with E-state index in [1.165, 1.54) is 17.0 Å². The van der Waals surface area contributed by atoms with E-state index in [2.05, 4.69) is 0 Å². The Morgan fingerprint density at radius 2 is 1.84 bits per heavy atom. The highest BCUT2D eigenvalue weighted by Gasteiger charge is 2.56. The molecule has 1 saturated heterocycles. The summed E-state index contributed by atoms with van der Waals surface area (Å²) in [5.74, 6) is -3.87. The number of allylic oxidation sites excluding steroid dienone is 6. The van der Waals surface area contributed by atoms with Gasteiger partial charge in [0.2, 0.25) is 11.8 Å². The summed E-state index contributed by atoms with van der Waals surface area (Å²) in [6.45, 7) is 1.86. The van der Waals surface area contributed by atoms with Crippen LogP contribution in [0.15, 0.2) is 58.7 Å². The Morgan fingerprint density at radius 1 is 1.05 bits per heavy atom. The number of carboxylic acids is 1. The van der Waals surface area contributed by atoms with E-state index in [4.69, 9.17) is 5.11 Å². The summed E-state index contributed by atoms with van der Waals surface area (Å²) < 4.78 is 0. The van der Waals surface area contributed by atoms with Gasteiger partial charge in [0.05, 0.1) is 11.8 Å². The number of hydrogen-bond donors (Lipinski definition) is 2. The van der Waals surface area contributed by atoms with Crippen LogP contribution in [0.2, 0.25) is 0 Å². The molecular formula is C29H29NO7. The van der Waals surface area contributed by atoms with E-state index >= 15 is 0 Å². The van der Waals surface area contributed by atoms with Crippen LogP contribution < -0.4 is 0 Å². The zero-order chi connectivity index (χ0) is 26.4. The first kappa shape index (κ1) is 24.9. The quantitative estimate of drug-likeness (QED) is 0.252. The lowest BCUT2D eigenvalue weighted by molar-refractivity contribution is -0.141. The van der Waals surface area contributed by atoms with Crippen molar-refractivity contribution in [2.75, 3.05) is 6.54 Å². The Hall–Kier alpha value is -3.81. The number of aromatic hydroxyl groups is 1. The van der Waals surface area contributed by atoms with Crippen LogP contribution in [0, 0.1) is 17.8 Å². The van der Waals surface area contributed by atoms with E-state index in [0.29, 0.717) is 48.0 Å². The van der Waals surface area contributed by atoms with Crippen molar-refractivity contribution in [2.45, 2.75) is 51.4 Å². The van der Waals surface area contributed by atoms with Crippen molar-refractivity contribution in [1.29, 1.82) is 0 Å². The molecule has 8 heteroatoms. The number of amides is 2. The molecule has 2 amide bonds. The molecule has 1 aliphatic heterocycles. The average molecular weight is 504 g/mol. The fourth-order valence-electron chi connectivity index (χ4n) is 6.47. The van der Waals surface area contributed by atoms with Gasteiger partial charge >= 0.3 is 5.97 Å². The number of carbonyl (C=O) groups excluding carboxylic acids is 4. The van der Waals surface area contributed by atoms with Crippen LogP contribution in [0.1, 0.15) is 56.9 Å². The molecule has 4 aliphatic rings. The number of hydrogen-bond acceptors (Lipinski definition) is 6. The number of nitrogens with zero attached hydrogens (tertiary/aromatic N) is 1. The monoisotopic (exact) mass is 503 g/mol. The molecule has 5 rings (SSSR count). The second-order valence-electron chi connectivity index (χ2n) is 10.4. The number of rotatable bonds is 7. The molecule has 4 unspecified atom stereocenters. The van der Waals surface area contributed by atoms with Gasteiger partial charge in [0.1, 0.15) is 5.75 Å². The van der Waals surface area contributed by atoms with Gasteiger partial charge < -0.3 is 10.2 Å². The van der Waals surface area contributed by atoms with Crippen LogP contribution in [0.4, 0.5) is 0 Å². The molecule has 0 aromatic heterocycles. The first-order chi connectivity index (χ1) is 17.7. The normalized spacial score (nSPS) is 27.0. The van der Waals surface area contributed by atoms with Crippen molar-refractivity contribution in [3.63, 3.8) is 0 Å². The fraction of sp³-hybridized carbons (Fsp3) is 0.414. The summed E-state index contributed by atoms with van der Waals surface area (Å²) >= 11 is 0. The first-order valence-corrected chi connectivity index (χ1v) is 12.7. The smallest absolute Gasteiger partial charge is 0.303 e. The number of likely N-dealkylation sites (tertiary alicyclic amines) is 1. The second-order valence-corrected chi connectivity index (χ2v) is 10.4. The van der Waals surface area contributed by atoms with Gasteiger partial charge in [0.15, 0.2) is 11.6 Å². The molecule has 4 atom stereocenters. The highest BCUT2D eigenvalue weighted by atomic mass is 16.4. The minimum atomic E-state index is -0.869. The molecule has 37 heavy (non-hydrogen) atoms. The van der Waals surface area contributed by atoms with Gasteiger partial charge in [-0.2, -0.15) is 0 Å². The predicted octanol–water partition coefficient (Wildman–Crippen LogP) is 3.47. The molecule has 1 aromatic rings. The van der Waals surface area contributed by atoms with Crippen molar-refractivity contribution in [3.8, 4) is 5.75 Å². The van der Waals surface area contributed by atoms with Gasteiger partial charge in [-0.3, -0.25) is 28.9 Å². The highest BCUT2D eigenvalue weighted by Crippen LogP contribution is 2.55. The number of aliphatic carboxylic acids is 1. The van der Waals surface area contributed by atoms with Crippen LogP contribution >= 0.6 is 0 Å². The third kappa shape index (κ3) is 4.24. The Balaban J connectivity index is 1.48.